The first-order valence-corrected chi connectivity index (χ1v) is 11.5. The number of hydrogen-bond donors (Lipinski definition) is 2. The van der Waals surface area contributed by atoms with Crippen molar-refractivity contribution in [3.8, 4) is 12.5 Å². The zero-order valence-corrected chi connectivity index (χ0v) is 19.1. The maximum atomic E-state index is 11.5. The molecule has 10 nitrogen and oxygen atoms in total. The molecule has 182 valence electrons. The minimum Gasteiger partial charge on any atom is -0.450 e. The van der Waals surface area contributed by atoms with Crippen LogP contribution in [0.15, 0.2) is 0 Å². The van der Waals surface area contributed by atoms with Gasteiger partial charge in [0.2, 0.25) is 0 Å². The molecule has 2 N–H and O–H groups in total. The van der Waals surface area contributed by atoms with Crippen LogP contribution in [0.3, 0.4) is 0 Å². The maximum absolute atomic E-state index is 11.5. The van der Waals surface area contributed by atoms with Gasteiger partial charge in [-0.25, -0.2) is 9.59 Å². The van der Waals surface area contributed by atoms with Crippen LogP contribution in [0, 0.1) is 23.0 Å². The molecule has 10 heteroatoms. The van der Waals surface area contributed by atoms with Crippen molar-refractivity contribution in [2.45, 2.75) is 77.0 Å². The summed E-state index contributed by atoms with van der Waals surface area (Å²) in [5.41, 5.74) is 0. The van der Waals surface area contributed by atoms with E-state index >= 15 is 0 Å². The summed E-state index contributed by atoms with van der Waals surface area (Å²) in [4.78, 5) is 23.1. The van der Waals surface area contributed by atoms with Gasteiger partial charge in [-0.2, -0.15) is 10.5 Å². The van der Waals surface area contributed by atoms with Gasteiger partial charge in [-0.05, 0) is 64.2 Å². The van der Waals surface area contributed by atoms with Crippen molar-refractivity contribution in [2.24, 2.45) is 0 Å². The molecule has 0 aliphatic carbocycles. The Hall–Kier alpha value is -2.88. The highest BCUT2D eigenvalue weighted by Gasteiger charge is 2.02. The van der Waals surface area contributed by atoms with E-state index in [-0.39, 0.29) is 0 Å². The topological polar surface area (TPSA) is 143 Å². The first kappa shape index (κ1) is 29.1. The number of unbranched alkanes of at least 4 members (excludes halogenated alkanes) is 9. The highest BCUT2D eigenvalue weighted by molar-refractivity contribution is 5.67. The van der Waals surface area contributed by atoms with Crippen molar-refractivity contribution in [3.63, 3.8) is 0 Å². The number of nitriles is 2. The van der Waals surface area contributed by atoms with Crippen LogP contribution in [-0.2, 0) is 18.9 Å². The van der Waals surface area contributed by atoms with Crippen LogP contribution in [0.2, 0.25) is 0 Å². The first-order chi connectivity index (χ1) is 15.7. The average molecular weight is 455 g/mol. The number of alkyl carbamates (subject to hydrolysis) is 2. The van der Waals surface area contributed by atoms with E-state index in [0.717, 1.165) is 77.0 Å². The molecule has 0 aromatic heterocycles. The average Bonchev–Trinajstić information content (AvgIpc) is 2.79. The molecule has 0 aliphatic heterocycles. The monoisotopic (exact) mass is 454 g/mol. The molecule has 0 fully saturated rings. The molecule has 0 spiro atoms. The van der Waals surface area contributed by atoms with Crippen molar-refractivity contribution in [2.75, 3.05) is 39.5 Å². The lowest BCUT2D eigenvalue weighted by molar-refractivity contribution is 0.138. The highest BCUT2D eigenvalue weighted by atomic mass is 16.6. The molecule has 0 saturated carbocycles. The number of hydrogen-bond acceptors (Lipinski definition) is 8. The third-order valence-corrected chi connectivity index (χ3v) is 4.52. The van der Waals surface area contributed by atoms with E-state index < -0.39 is 12.2 Å². The van der Waals surface area contributed by atoms with Crippen molar-refractivity contribution in [1.29, 1.82) is 10.5 Å². The molecular weight excluding hydrogens is 416 g/mol. The van der Waals surface area contributed by atoms with Crippen LogP contribution < -0.4 is 10.6 Å². The molecule has 0 radical (unpaired) electrons. The first-order valence-electron chi connectivity index (χ1n) is 11.5. The minimum atomic E-state index is -0.395. The molecular formula is C22H38N4O6. The number of rotatable bonds is 21. The summed E-state index contributed by atoms with van der Waals surface area (Å²) in [6, 6.07) is 0. The second-order valence-corrected chi connectivity index (χ2v) is 7.25. The Balaban J connectivity index is 3.27. The second kappa shape index (κ2) is 24.4. The summed E-state index contributed by atoms with van der Waals surface area (Å²) < 4.78 is 19.4. The Bertz CT molecular complexity index is 500. The van der Waals surface area contributed by atoms with Crippen LogP contribution in [0.5, 0.6) is 0 Å². The number of carbonyl (C=O) groups is 2. The molecule has 0 unspecified atom stereocenters. The lowest BCUT2D eigenvalue weighted by atomic mass is 10.2. The minimum absolute atomic E-state index is 0.376. The van der Waals surface area contributed by atoms with Crippen molar-refractivity contribution < 1.29 is 28.5 Å². The lowest BCUT2D eigenvalue weighted by Crippen LogP contribution is -2.25. The maximum Gasteiger partial charge on any atom is 0.407 e. The predicted molar refractivity (Wildman–Crippen MR) is 117 cm³/mol. The normalized spacial score (nSPS) is 9.81. The third-order valence-electron chi connectivity index (χ3n) is 4.52. The summed E-state index contributed by atoms with van der Waals surface area (Å²) in [5.74, 6) is 0. The van der Waals surface area contributed by atoms with Gasteiger partial charge in [-0.1, -0.05) is 12.8 Å². The van der Waals surface area contributed by atoms with Gasteiger partial charge in [0.05, 0.1) is 13.2 Å². The molecule has 0 aromatic carbocycles. The molecule has 0 saturated heterocycles. The quantitative estimate of drug-likeness (QED) is 0.195. The van der Waals surface area contributed by atoms with Gasteiger partial charge in [0.1, 0.15) is 13.2 Å². The zero-order valence-electron chi connectivity index (χ0n) is 19.1. The summed E-state index contributed by atoms with van der Waals surface area (Å²) in [5, 5.41) is 21.9. The Morgan fingerprint density at radius 1 is 0.531 bits per heavy atom. The van der Waals surface area contributed by atoms with Crippen LogP contribution in [0.4, 0.5) is 9.59 Å². The van der Waals surface area contributed by atoms with Gasteiger partial charge in [-0.15, -0.1) is 0 Å². The Labute approximate surface area is 191 Å². The fourth-order valence-electron chi connectivity index (χ4n) is 2.77. The molecule has 2 amide bonds. The molecule has 0 bridgehead atoms. The van der Waals surface area contributed by atoms with E-state index in [1.54, 1.807) is 12.5 Å². The van der Waals surface area contributed by atoms with E-state index in [2.05, 4.69) is 20.1 Å². The molecule has 32 heavy (non-hydrogen) atoms. The third kappa shape index (κ3) is 23.4. The van der Waals surface area contributed by atoms with Crippen LogP contribution >= 0.6 is 0 Å². The van der Waals surface area contributed by atoms with E-state index in [9.17, 15) is 9.59 Å². The van der Waals surface area contributed by atoms with Gasteiger partial charge in [0.25, 0.3) is 12.5 Å². The van der Waals surface area contributed by atoms with Crippen LogP contribution in [0.1, 0.15) is 77.0 Å². The smallest absolute Gasteiger partial charge is 0.407 e. The van der Waals surface area contributed by atoms with Gasteiger partial charge in [-0.3, -0.25) is 0 Å². The van der Waals surface area contributed by atoms with Gasteiger partial charge in [0.15, 0.2) is 0 Å². The highest BCUT2D eigenvalue weighted by Crippen LogP contribution is 2.02. The van der Waals surface area contributed by atoms with Crippen molar-refractivity contribution >= 4 is 12.2 Å². The Morgan fingerprint density at radius 3 is 1.25 bits per heavy atom. The zero-order chi connectivity index (χ0) is 23.5. The Kier molecular flexibility index (Phi) is 22.2. The van der Waals surface area contributed by atoms with E-state index in [1.807, 2.05) is 0 Å². The second-order valence-electron chi connectivity index (χ2n) is 7.25. The van der Waals surface area contributed by atoms with Gasteiger partial charge < -0.3 is 29.6 Å². The fraction of sp³-hybridized carbons (Fsp3) is 0.818. The summed E-state index contributed by atoms with van der Waals surface area (Å²) >= 11 is 0. The number of nitrogens with zero attached hydrogens (tertiary/aromatic N) is 2. The number of nitrogens with one attached hydrogen (secondary N) is 2. The standard InChI is InChI=1S/C22H38N4O6/c23-19-29-15-9-3-1-7-13-25-21(27)31-17-11-5-6-12-18-32-22(28)26-14-8-2-4-10-16-30-20-24/h1-18H2,(H,25,27)(H,26,28). The van der Waals surface area contributed by atoms with Crippen LogP contribution in [0.25, 0.3) is 0 Å². The molecule has 0 aromatic rings. The number of ether oxygens (including phenoxy) is 4. The molecule has 0 aliphatic rings. The summed E-state index contributed by atoms with van der Waals surface area (Å²) in [6.45, 7) is 2.81. The van der Waals surface area contributed by atoms with Crippen molar-refractivity contribution in [1.82, 2.24) is 10.6 Å². The van der Waals surface area contributed by atoms with Gasteiger partial charge >= 0.3 is 12.2 Å². The molecule has 0 atom stereocenters. The fourth-order valence-corrected chi connectivity index (χ4v) is 2.77. The molecule has 0 rings (SSSR count). The summed E-state index contributed by atoms with van der Waals surface area (Å²) in [7, 11) is 0. The van der Waals surface area contributed by atoms with Crippen LogP contribution in [-0.4, -0.2) is 51.7 Å². The van der Waals surface area contributed by atoms with E-state index in [0.29, 0.717) is 39.5 Å². The molecule has 0 heterocycles. The predicted octanol–water partition coefficient (Wildman–Crippen LogP) is 4.12. The number of amides is 2. The van der Waals surface area contributed by atoms with E-state index in [4.69, 9.17) is 20.0 Å². The van der Waals surface area contributed by atoms with Crippen molar-refractivity contribution in [3.05, 3.63) is 0 Å². The van der Waals surface area contributed by atoms with E-state index in [1.165, 1.54) is 0 Å². The largest absolute Gasteiger partial charge is 0.450 e. The Morgan fingerprint density at radius 2 is 0.875 bits per heavy atom. The number of carbonyl (C=O) groups excluding carboxylic acids is 2. The lowest BCUT2D eigenvalue weighted by Gasteiger charge is -2.08. The SMILES string of the molecule is N#COCCCCCCNC(=O)OCCCCCCOC(=O)NCCCCCCOC#N. The summed E-state index contributed by atoms with van der Waals surface area (Å²) in [6.07, 6.45) is 13.1. The van der Waals surface area contributed by atoms with Gasteiger partial charge in [0, 0.05) is 13.1 Å².